The Kier molecular flexibility index (Phi) is 6.34. The van der Waals surface area contributed by atoms with E-state index in [9.17, 15) is 9.90 Å². The number of carbonyl (C=O) groups is 1. The summed E-state index contributed by atoms with van der Waals surface area (Å²) in [6, 6.07) is 27.4. The monoisotopic (exact) mass is 364 g/mol. The van der Waals surface area contributed by atoms with Gasteiger partial charge in [0.1, 0.15) is 11.5 Å². The van der Waals surface area contributed by atoms with Gasteiger partial charge in [-0.1, -0.05) is 48.5 Å². The second kappa shape index (κ2) is 9.11. The number of aliphatic carboxylic acids is 1. The van der Waals surface area contributed by atoms with Gasteiger partial charge in [0.15, 0.2) is 0 Å². The zero-order chi connectivity index (χ0) is 18.2. The summed E-state index contributed by atoms with van der Waals surface area (Å²) >= 11 is 1.59. The van der Waals surface area contributed by atoms with Gasteiger partial charge in [0.05, 0.1) is 6.42 Å². The molecule has 0 aromatic heterocycles. The van der Waals surface area contributed by atoms with Crippen LogP contribution in [0.5, 0.6) is 11.5 Å². The number of hydrogen-bond donors (Lipinski definition) is 1. The third kappa shape index (κ3) is 5.67. The predicted molar refractivity (Wildman–Crippen MR) is 105 cm³/mol. The Bertz CT molecular complexity index is 817. The Morgan fingerprint density at radius 3 is 2.04 bits per heavy atom. The van der Waals surface area contributed by atoms with Crippen molar-refractivity contribution in [3.63, 3.8) is 0 Å². The number of carboxylic acids is 1. The molecular weight excluding hydrogens is 344 g/mol. The molecule has 1 N–H and O–H groups in total. The second-order valence-corrected chi connectivity index (χ2v) is 7.29. The van der Waals surface area contributed by atoms with Gasteiger partial charge in [-0.3, -0.25) is 4.79 Å². The largest absolute Gasteiger partial charge is 0.481 e. The number of para-hydroxylation sites is 1. The first-order valence-electron chi connectivity index (χ1n) is 8.44. The lowest BCUT2D eigenvalue weighted by atomic mass is 10.1. The van der Waals surface area contributed by atoms with Crippen molar-refractivity contribution in [3.8, 4) is 11.5 Å². The second-order valence-electron chi connectivity index (χ2n) is 5.91. The highest BCUT2D eigenvalue weighted by atomic mass is 32.2. The number of ether oxygens (including phenoxy) is 1. The van der Waals surface area contributed by atoms with Crippen LogP contribution in [0.3, 0.4) is 0 Å². The summed E-state index contributed by atoms with van der Waals surface area (Å²) in [6.45, 7) is 0. The van der Waals surface area contributed by atoms with E-state index in [-0.39, 0.29) is 11.7 Å². The van der Waals surface area contributed by atoms with Gasteiger partial charge in [0, 0.05) is 10.1 Å². The Hall–Kier alpha value is -2.72. The summed E-state index contributed by atoms with van der Waals surface area (Å²) < 4.78 is 5.80. The summed E-state index contributed by atoms with van der Waals surface area (Å²) in [4.78, 5) is 12.2. The fourth-order valence-electron chi connectivity index (χ4n) is 2.63. The Labute approximate surface area is 157 Å². The molecule has 0 aliphatic rings. The quantitative estimate of drug-likeness (QED) is 0.524. The van der Waals surface area contributed by atoms with Crippen molar-refractivity contribution in [1.82, 2.24) is 0 Å². The number of thioether (sulfide) groups is 1. The van der Waals surface area contributed by atoms with Crippen LogP contribution in [0.15, 0.2) is 89.8 Å². The predicted octanol–water partition coefficient (Wildman–Crippen LogP) is 5.66. The molecule has 0 radical (unpaired) electrons. The molecule has 0 saturated heterocycles. The van der Waals surface area contributed by atoms with Crippen LogP contribution in [0.25, 0.3) is 0 Å². The molecule has 132 valence electrons. The highest BCUT2D eigenvalue weighted by Gasteiger charge is 2.15. The number of benzene rings is 3. The Morgan fingerprint density at radius 2 is 1.42 bits per heavy atom. The van der Waals surface area contributed by atoms with Crippen molar-refractivity contribution in [2.45, 2.75) is 23.0 Å². The molecule has 1 unspecified atom stereocenters. The minimum Gasteiger partial charge on any atom is -0.481 e. The third-order valence-corrected chi connectivity index (χ3v) is 5.02. The highest BCUT2D eigenvalue weighted by molar-refractivity contribution is 8.00. The van der Waals surface area contributed by atoms with Gasteiger partial charge in [-0.25, -0.2) is 0 Å². The fourth-order valence-corrected chi connectivity index (χ4v) is 3.81. The average molecular weight is 364 g/mol. The lowest BCUT2D eigenvalue weighted by molar-refractivity contribution is -0.136. The maximum absolute atomic E-state index is 11.2. The molecule has 0 amide bonds. The molecule has 3 nitrogen and oxygen atoms in total. The van der Waals surface area contributed by atoms with E-state index in [1.165, 1.54) is 0 Å². The van der Waals surface area contributed by atoms with Gasteiger partial charge >= 0.3 is 5.97 Å². The smallest absolute Gasteiger partial charge is 0.304 e. The van der Waals surface area contributed by atoms with Crippen LogP contribution >= 0.6 is 11.8 Å². The molecule has 26 heavy (non-hydrogen) atoms. The van der Waals surface area contributed by atoms with E-state index >= 15 is 0 Å². The first-order valence-corrected chi connectivity index (χ1v) is 9.32. The van der Waals surface area contributed by atoms with E-state index in [1.807, 2.05) is 84.9 Å². The maximum Gasteiger partial charge on any atom is 0.304 e. The van der Waals surface area contributed by atoms with E-state index in [1.54, 1.807) is 11.8 Å². The van der Waals surface area contributed by atoms with Gasteiger partial charge in [0.2, 0.25) is 0 Å². The molecule has 0 heterocycles. The van der Waals surface area contributed by atoms with Gasteiger partial charge in [-0.15, -0.1) is 11.8 Å². The standard InChI is InChI=1S/C22H20O3S/c23-22(24)16-21(15-17-7-3-1-4-8-17)26-20-13-11-19(12-14-20)25-18-9-5-2-6-10-18/h1-14,21H,15-16H2,(H,23,24). The average Bonchev–Trinajstić information content (AvgIpc) is 2.64. The van der Waals surface area contributed by atoms with Crippen LogP contribution < -0.4 is 4.74 Å². The molecular formula is C22H20O3S. The zero-order valence-corrected chi connectivity index (χ0v) is 15.1. The van der Waals surface area contributed by atoms with Crippen LogP contribution in [0.1, 0.15) is 12.0 Å². The fraction of sp³-hybridized carbons (Fsp3) is 0.136. The van der Waals surface area contributed by atoms with Crippen molar-refractivity contribution in [3.05, 3.63) is 90.5 Å². The van der Waals surface area contributed by atoms with Crippen LogP contribution in [0.4, 0.5) is 0 Å². The number of rotatable bonds is 8. The molecule has 3 aromatic rings. The molecule has 3 rings (SSSR count). The molecule has 4 heteroatoms. The first kappa shape index (κ1) is 18.1. The van der Waals surface area contributed by atoms with E-state index < -0.39 is 5.97 Å². The molecule has 3 aromatic carbocycles. The molecule has 0 bridgehead atoms. The summed E-state index contributed by atoms with van der Waals surface area (Å²) in [5.41, 5.74) is 1.15. The first-order chi connectivity index (χ1) is 12.7. The van der Waals surface area contributed by atoms with E-state index in [0.717, 1.165) is 28.4 Å². The molecule has 0 aliphatic heterocycles. The summed E-state index contributed by atoms with van der Waals surface area (Å²) in [6.07, 6.45) is 0.849. The van der Waals surface area contributed by atoms with Crippen molar-refractivity contribution >= 4 is 17.7 Å². The topological polar surface area (TPSA) is 46.5 Å². The SMILES string of the molecule is O=C(O)CC(Cc1ccccc1)Sc1ccc(Oc2ccccc2)cc1. The summed E-state index contributed by atoms with van der Waals surface area (Å²) in [5, 5.41) is 9.20. The van der Waals surface area contributed by atoms with Crippen LogP contribution in [0, 0.1) is 0 Å². The molecule has 1 atom stereocenters. The van der Waals surface area contributed by atoms with Crippen LogP contribution in [-0.2, 0) is 11.2 Å². The highest BCUT2D eigenvalue weighted by Crippen LogP contribution is 2.30. The van der Waals surface area contributed by atoms with Gasteiger partial charge in [-0.05, 0) is 48.4 Å². The maximum atomic E-state index is 11.2. The minimum atomic E-state index is -0.775. The molecule has 0 aliphatic carbocycles. The Morgan fingerprint density at radius 1 is 0.846 bits per heavy atom. The lowest BCUT2D eigenvalue weighted by Gasteiger charge is -2.15. The van der Waals surface area contributed by atoms with E-state index in [0.29, 0.717) is 0 Å². The molecule has 0 fully saturated rings. The van der Waals surface area contributed by atoms with Crippen molar-refractivity contribution < 1.29 is 14.6 Å². The van der Waals surface area contributed by atoms with Gasteiger partial charge in [0.25, 0.3) is 0 Å². The van der Waals surface area contributed by atoms with Crippen molar-refractivity contribution in [2.24, 2.45) is 0 Å². The Balaban J connectivity index is 1.65. The number of carboxylic acid groups (broad SMARTS) is 1. The lowest BCUT2D eigenvalue weighted by Crippen LogP contribution is -2.13. The van der Waals surface area contributed by atoms with E-state index in [4.69, 9.17) is 4.74 Å². The summed E-state index contributed by atoms with van der Waals surface area (Å²) in [5.74, 6) is 0.779. The normalized spacial score (nSPS) is 11.7. The third-order valence-electron chi connectivity index (χ3n) is 3.81. The van der Waals surface area contributed by atoms with E-state index in [2.05, 4.69) is 0 Å². The minimum absolute atomic E-state index is 0.0178. The molecule has 0 spiro atoms. The van der Waals surface area contributed by atoms with Crippen molar-refractivity contribution in [1.29, 1.82) is 0 Å². The number of hydrogen-bond acceptors (Lipinski definition) is 3. The van der Waals surface area contributed by atoms with Crippen molar-refractivity contribution in [2.75, 3.05) is 0 Å². The van der Waals surface area contributed by atoms with Crippen LogP contribution in [-0.4, -0.2) is 16.3 Å². The summed E-state index contributed by atoms with van der Waals surface area (Å²) in [7, 11) is 0. The molecule has 0 saturated carbocycles. The van der Waals surface area contributed by atoms with Gasteiger partial charge < -0.3 is 9.84 Å². The van der Waals surface area contributed by atoms with Gasteiger partial charge in [-0.2, -0.15) is 0 Å². The van der Waals surface area contributed by atoms with Crippen LogP contribution in [0.2, 0.25) is 0 Å². The zero-order valence-electron chi connectivity index (χ0n) is 14.2.